The third kappa shape index (κ3) is 2.32. The lowest BCUT2D eigenvalue weighted by molar-refractivity contribution is 0.259. The maximum atomic E-state index is 11.3. The van der Waals surface area contributed by atoms with Crippen LogP contribution in [0.3, 0.4) is 0 Å². The van der Waals surface area contributed by atoms with E-state index in [9.17, 15) is 9.59 Å². The number of halogens is 1. The van der Waals surface area contributed by atoms with Crippen LogP contribution >= 0.6 is 15.9 Å². The number of rotatable bonds is 1. The molecule has 0 saturated heterocycles. The molecule has 5 nitrogen and oxygen atoms in total. The molecule has 1 aromatic heterocycles. The number of primary amides is 1. The molecule has 6 heteroatoms. The Morgan fingerprint density at radius 3 is 2.77 bits per heavy atom. The number of urea groups is 1. The molecule has 1 rings (SSSR count). The van der Waals surface area contributed by atoms with Gasteiger partial charge in [-0.25, -0.2) is 4.79 Å². The second-order valence-electron chi connectivity index (χ2n) is 2.50. The van der Waals surface area contributed by atoms with Crippen LogP contribution in [-0.2, 0) is 7.05 Å². The van der Waals surface area contributed by atoms with Crippen molar-refractivity contribution in [3.63, 3.8) is 0 Å². The van der Waals surface area contributed by atoms with Gasteiger partial charge in [0.15, 0.2) is 0 Å². The van der Waals surface area contributed by atoms with E-state index in [-0.39, 0.29) is 11.1 Å². The molecule has 2 amide bonds. The first-order valence-corrected chi connectivity index (χ1v) is 4.22. The Bertz CT molecular complexity index is 399. The van der Waals surface area contributed by atoms with Crippen LogP contribution in [0.1, 0.15) is 0 Å². The lowest BCUT2D eigenvalue weighted by Gasteiger charge is -2.04. The summed E-state index contributed by atoms with van der Waals surface area (Å²) in [6, 6.07) is -0.754. The molecule has 0 saturated carbocycles. The van der Waals surface area contributed by atoms with Gasteiger partial charge in [0.25, 0.3) is 0 Å². The second kappa shape index (κ2) is 3.61. The van der Waals surface area contributed by atoms with Gasteiger partial charge in [0.2, 0.25) is 5.43 Å². The van der Waals surface area contributed by atoms with E-state index in [0.29, 0.717) is 4.47 Å². The largest absolute Gasteiger partial charge is 0.354 e. The molecule has 1 heterocycles. The number of nitrogens with one attached hydrogen (secondary N) is 1. The minimum Gasteiger partial charge on any atom is -0.354 e. The summed E-state index contributed by atoms with van der Waals surface area (Å²) in [5, 5.41) is 2.23. The second-order valence-corrected chi connectivity index (χ2v) is 3.36. The maximum absolute atomic E-state index is 11.3. The monoisotopic (exact) mass is 245 g/mol. The fourth-order valence-electron chi connectivity index (χ4n) is 0.887. The minimum absolute atomic E-state index is 0.157. The van der Waals surface area contributed by atoms with Gasteiger partial charge < -0.3 is 15.6 Å². The number of nitrogens with zero attached hydrogens (tertiary/aromatic N) is 1. The fraction of sp³-hybridized carbons (Fsp3) is 0.143. The van der Waals surface area contributed by atoms with E-state index >= 15 is 0 Å². The molecule has 0 spiro atoms. The number of aryl methyl sites for hydroxylation is 1. The molecule has 0 unspecified atom stereocenters. The summed E-state index contributed by atoms with van der Waals surface area (Å²) in [6.07, 6.45) is 3.08. The van der Waals surface area contributed by atoms with Crippen molar-refractivity contribution in [1.82, 2.24) is 4.57 Å². The van der Waals surface area contributed by atoms with Crippen molar-refractivity contribution in [3.05, 3.63) is 27.1 Å². The third-order valence-electron chi connectivity index (χ3n) is 1.37. The van der Waals surface area contributed by atoms with Gasteiger partial charge in [-0.15, -0.1) is 0 Å². The molecular weight excluding hydrogens is 238 g/mol. The molecular formula is C7H8BrN3O2. The van der Waals surface area contributed by atoms with Crippen LogP contribution < -0.4 is 16.5 Å². The molecule has 0 atom stereocenters. The Morgan fingerprint density at radius 2 is 2.23 bits per heavy atom. The van der Waals surface area contributed by atoms with E-state index in [4.69, 9.17) is 5.73 Å². The van der Waals surface area contributed by atoms with Crippen molar-refractivity contribution < 1.29 is 4.79 Å². The molecule has 3 N–H and O–H groups in total. The van der Waals surface area contributed by atoms with Gasteiger partial charge in [0, 0.05) is 19.4 Å². The van der Waals surface area contributed by atoms with Gasteiger partial charge in [-0.2, -0.15) is 0 Å². The van der Waals surface area contributed by atoms with Gasteiger partial charge in [0.1, 0.15) is 5.69 Å². The van der Waals surface area contributed by atoms with E-state index in [0.717, 1.165) is 0 Å². The van der Waals surface area contributed by atoms with Gasteiger partial charge in [-0.05, 0) is 15.9 Å². The molecule has 13 heavy (non-hydrogen) atoms. The van der Waals surface area contributed by atoms with Crippen LogP contribution in [0.5, 0.6) is 0 Å². The van der Waals surface area contributed by atoms with Crippen LogP contribution in [0, 0.1) is 0 Å². The fourth-order valence-corrected chi connectivity index (χ4v) is 1.42. The van der Waals surface area contributed by atoms with Crippen molar-refractivity contribution in [2.24, 2.45) is 12.8 Å². The number of carbonyl (C=O) groups excluding carboxylic acids is 1. The summed E-state index contributed by atoms with van der Waals surface area (Å²) in [5.41, 5.74) is 4.74. The number of carbonyl (C=O) groups is 1. The highest BCUT2D eigenvalue weighted by Gasteiger charge is 2.05. The molecule has 70 valence electrons. The highest BCUT2D eigenvalue weighted by molar-refractivity contribution is 9.10. The Hall–Kier alpha value is -1.30. The van der Waals surface area contributed by atoms with E-state index in [2.05, 4.69) is 21.2 Å². The summed E-state index contributed by atoms with van der Waals surface area (Å²) in [7, 11) is 1.73. The lowest BCUT2D eigenvalue weighted by Crippen LogP contribution is -2.24. The summed E-state index contributed by atoms with van der Waals surface area (Å²) in [5.74, 6) is 0. The van der Waals surface area contributed by atoms with Crippen molar-refractivity contribution in [3.8, 4) is 0 Å². The predicted molar refractivity (Wildman–Crippen MR) is 52.6 cm³/mol. The smallest absolute Gasteiger partial charge is 0.316 e. The standard InChI is InChI=1S/C7H8BrN3O2/c1-11-2-4(8)6(12)5(3-11)10-7(9)13/h2-3H,1H3,(H3,9,10,13). The predicted octanol–water partition coefficient (Wildman–Crippen LogP) is 0.638. The van der Waals surface area contributed by atoms with Crippen molar-refractivity contribution >= 4 is 27.6 Å². The molecule has 0 radical (unpaired) electrons. The average Bonchev–Trinajstić information content (AvgIpc) is 1.98. The SMILES string of the molecule is Cn1cc(Br)c(=O)c(NC(N)=O)c1. The zero-order valence-corrected chi connectivity index (χ0v) is 8.46. The molecule has 0 aliphatic rings. The van der Waals surface area contributed by atoms with E-state index in [1.165, 1.54) is 6.20 Å². The Labute approximate surface area is 82.7 Å². The number of pyridine rings is 1. The topological polar surface area (TPSA) is 77.1 Å². The normalized spacial score (nSPS) is 9.69. The number of amides is 2. The zero-order chi connectivity index (χ0) is 10.0. The van der Waals surface area contributed by atoms with Crippen LogP contribution in [0.15, 0.2) is 21.7 Å². The number of hydrogen-bond donors (Lipinski definition) is 2. The third-order valence-corrected chi connectivity index (χ3v) is 1.93. The number of aromatic nitrogens is 1. The average molecular weight is 246 g/mol. The summed E-state index contributed by atoms with van der Waals surface area (Å²) in [6.45, 7) is 0. The van der Waals surface area contributed by atoms with Crippen molar-refractivity contribution in [2.75, 3.05) is 5.32 Å². The highest BCUT2D eigenvalue weighted by Crippen LogP contribution is 2.06. The molecule has 0 fully saturated rings. The molecule has 0 aliphatic heterocycles. The summed E-state index contributed by atoms with van der Waals surface area (Å²) >= 11 is 3.06. The van der Waals surface area contributed by atoms with Crippen LogP contribution in [0.2, 0.25) is 0 Å². The number of hydrogen-bond acceptors (Lipinski definition) is 2. The van der Waals surface area contributed by atoms with Gasteiger partial charge >= 0.3 is 6.03 Å². The Morgan fingerprint density at radius 1 is 1.62 bits per heavy atom. The van der Waals surface area contributed by atoms with Crippen LogP contribution in [0.25, 0.3) is 0 Å². The summed E-state index contributed by atoms with van der Waals surface area (Å²) < 4.78 is 2.01. The first kappa shape index (κ1) is 9.79. The Balaban J connectivity index is 3.21. The van der Waals surface area contributed by atoms with Crippen molar-refractivity contribution in [2.45, 2.75) is 0 Å². The van der Waals surface area contributed by atoms with Crippen LogP contribution in [-0.4, -0.2) is 10.6 Å². The maximum Gasteiger partial charge on any atom is 0.316 e. The lowest BCUT2D eigenvalue weighted by atomic mass is 10.4. The van der Waals surface area contributed by atoms with Crippen molar-refractivity contribution in [1.29, 1.82) is 0 Å². The zero-order valence-electron chi connectivity index (χ0n) is 6.87. The first-order chi connectivity index (χ1) is 6.00. The van der Waals surface area contributed by atoms with E-state index in [1.807, 2.05) is 0 Å². The van der Waals surface area contributed by atoms with Crippen LogP contribution in [0.4, 0.5) is 10.5 Å². The van der Waals surface area contributed by atoms with Gasteiger partial charge in [0.05, 0.1) is 4.47 Å². The molecule has 0 aromatic carbocycles. The molecule has 1 aromatic rings. The molecule has 0 aliphatic carbocycles. The quantitative estimate of drug-likeness (QED) is 0.762. The summed E-state index contributed by atoms with van der Waals surface area (Å²) in [4.78, 5) is 21.8. The number of nitrogens with two attached hydrogens (primary N) is 1. The first-order valence-electron chi connectivity index (χ1n) is 3.43. The Kier molecular flexibility index (Phi) is 2.72. The number of anilines is 1. The van der Waals surface area contributed by atoms with Gasteiger partial charge in [-0.3, -0.25) is 4.79 Å². The van der Waals surface area contributed by atoms with Gasteiger partial charge in [-0.1, -0.05) is 0 Å². The minimum atomic E-state index is -0.754. The van der Waals surface area contributed by atoms with E-state index in [1.54, 1.807) is 17.8 Å². The highest BCUT2D eigenvalue weighted by atomic mass is 79.9. The van der Waals surface area contributed by atoms with E-state index < -0.39 is 6.03 Å². The molecule has 0 bridgehead atoms.